The summed E-state index contributed by atoms with van der Waals surface area (Å²) in [5.41, 5.74) is 2.79. The monoisotopic (exact) mass is 560 g/mol. The molecule has 4 rings (SSSR count). The molecule has 2 aromatic rings. The Labute approximate surface area is 237 Å². The van der Waals surface area contributed by atoms with Crippen LogP contribution in [-0.2, 0) is 32.7 Å². The van der Waals surface area contributed by atoms with Crippen LogP contribution in [0.2, 0.25) is 5.02 Å². The summed E-state index contributed by atoms with van der Waals surface area (Å²) in [4.78, 5) is 25.5. The van der Waals surface area contributed by atoms with E-state index in [2.05, 4.69) is 7.11 Å². The molecule has 1 radical (unpaired) electrons. The van der Waals surface area contributed by atoms with Crippen LogP contribution >= 0.6 is 11.6 Å². The predicted octanol–water partition coefficient (Wildman–Crippen LogP) is 8.89. The number of ketones is 2. The van der Waals surface area contributed by atoms with E-state index in [1.165, 1.54) is 19.3 Å². The summed E-state index contributed by atoms with van der Waals surface area (Å²) in [7, 11) is 2.25. The van der Waals surface area contributed by atoms with Crippen LogP contribution in [0.4, 0.5) is 0 Å². The van der Waals surface area contributed by atoms with E-state index in [1.807, 2.05) is 77.1 Å². The topological polar surface area (TPSA) is 54.4 Å². The molecule has 0 aromatic heterocycles. The molecule has 185 valence electrons. The Morgan fingerprint density at radius 1 is 0.794 bits per heavy atom. The summed E-state index contributed by atoms with van der Waals surface area (Å²) in [5, 5.41) is 7.54. The molecule has 3 nitrogen and oxygen atoms in total. The van der Waals surface area contributed by atoms with Gasteiger partial charge in [-0.1, -0.05) is 108 Å². The molecule has 0 atom stereocenters. The quantitative estimate of drug-likeness (QED) is 0.373. The molecule has 5 heteroatoms. The SMILES string of the molecule is CC.CC.CCC1=C(C2CCCCC2)C(=O)c2ccccc2C1=O.Clc1ccccc1.[CH2-]O.[Y]. The van der Waals surface area contributed by atoms with Crippen molar-refractivity contribution >= 4 is 23.2 Å². The van der Waals surface area contributed by atoms with Gasteiger partial charge in [0.2, 0.25) is 0 Å². The molecule has 1 N–H and O–H groups in total. The molecule has 0 spiro atoms. The van der Waals surface area contributed by atoms with E-state index in [4.69, 9.17) is 16.7 Å². The predicted molar refractivity (Wildman–Crippen MR) is 140 cm³/mol. The fourth-order valence-electron chi connectivity index (χ4n) is 4.03. The Morgan fingerprint density at radius 3 is 1.65 bits per heavy atom. The summed E-state index contributed by atoms with van der Waals surface area (Å²) in [6, 6.07) is 16.7. The minimum absolute atomic E-state index is 0. The van der Waals surface area contributed by atoms with Gasteiger partial charge in [0.25, 0.3) is 0 Å². The van der Waals surface area contributed by atoms with Crippen LogP contribution in [0.3, 0.4) is 0 Å². The minimum Gasteiger partial charge on any atom is -0.569 e. The van der Waals surface area contributed by atoms with Crippen LogP contribution in [-0.4, -0.2) is 16.7 Å². The third-order valence-electron chi connectivity index (χ3n) is 5.36. The van der Waals surface area contributed by atoms with Gasteiger partial charge in [0.05, 0.1) is 0 Å². The number of carbonyl (C=O) groups is 2. The Hall–Kier alpha value is -1.13. The third-order valence-corrected chi connectivity index (χ3v) is 5.61. The van der Waals surface area contributed by atoms with Crippen molar-refractivity contribution in [2.24, 2.45) is 5.92 Å². The minimum atomic E-state index is 0. The zero-order chi connectivity index (χ0) is 25.2. The average molecular weight is 561 g/mol. The number of aliphatic hydroxyl groups is 1. The number of aliphatic hydroxyl groups excluding tert-OH is 1. The number of allylic oxidation sites excluding steroid dienone is 2. The summed E-state index contributed by atoms with van der Waals surface area (Å²) in [5.74, 6) is 0.468. The molecule has 2 aromatic carbocycles. The first-order valence-corrected chi connectivity index (χ1v) is 12.4. The van der Waals surface area contributed by atoms with E-state index in [0.29, 0.717) is 23.5 Å². The van der Waals surface area contributed by atoms with Gasteiger partial charge in [-0.2, -0.15) is 0 Å². The van der Waals surface area contributed by atoms with E-state index < -0.39 is 0 Å². The van der Waals surface area contributed by atoms with E-state index >= 15 is 0 Å². The summed E-state index contributed by atoms with van der Waals surface area (Å²) in [6.07, 6.45) is 6.37. The maximum atomic E-state index is 12.8. The van der Waals surface area contributed by atoms with E-state index in [9.17, 15) is 9.59 Å². The van der Waals surface area contributed by atoms with Gasteiger partial charge in [-0.05, 0) is 37.3 Å². The summed E-state index contributed by atoms with van der Waals surface area (Å²) in [6.45, 7) is 9.98. The van der Waals surface area contributed by atoms with Crippen LogP contribution in [0.1, 0.15) is 93.9 Å². The zero-order valence-electron chi connectivity index (χ0n) is 21.4. The molecular weight excluding hydrogens is 521 g/mol. The van der Waals surface area contributed by atoms with Crippen molar-refractivity contribution < 1.29 is 47.4 Å². The molecule has 1 saturated carbocycles. The normalized spacial score (nSPS) is 14.2. The molecule has 2 aliphatic carbocycles. The first-order chi connectivity index (χ1) is 16.1. The van der Waals surface area contributed by atoms with E-state index in [-0.39, 0.29) is 44.3 Å². The second-order valence-electron chi connectivity index (χ2n) is 7.08. The van der Waals surface area contributed by atoms with Crippen LogP contribution < -0.4 is 0 Å². The average Bonchev–Trinajstić information content (AvgIpc) is 2.91. The fraction of sp³-hybridized carbons (Fsp3) is 0.414. The second kappa shape index (κ2) is 21.2. The maximum absolute atomic E-state index is 12.8. The number of hydrogen-bond acceptors (Lipinski definition) is 3. The number of halogens is 1. The number of hydrogen-bond donors (Lipinski definition) is 1. The fourth-order valence-corrected chi connectivity index (χ4v) is 4.18. The van der Waals surface area contributed by atoms with E-state index in [0.717, 1.165) is 29.0 Å². The summed E-state index contributed by atoms with van der Waals surface area (Å²) < 4.78 is 0. The Kier molecular flexibility index (Phi) is 21.8. The molecule has 34 heavy (non-hydrogen) atoms. The number of Topliss-reactive ketones (excluding diaryl/α,β-unsaturated/α-hetero) is 2. The molecule has 1 fully saturated rings. The second-order valence-corrected chi connectivity index (χ2v) is 7.52. The van der Waals surface area contributed by atoms with Gasteiger partial charge in [-0.15, -0.1) is 0 Å². The zero-order valence-corrected chi connectivity index (χ0v) is 25.0. The van der Waals surface area contributed by atoms with Crippen molar-refractivity contribution in [3.63, 3.8) is 0 Å². The van der Waals surface area contributed by atoms with Gasteiger partial charge in [0, 0.05) is 60.0 Å². The number of carbonyl (C=O) groups excluding carboxylic acids is 2. The van der Waals surface area contributed by atoms with Crippen LogP contribution in [0.25, 0.3) is 0 Å². The van der Waals surface area contributed by atoms with Gasteiger partial charge in [0.1, 0.15) is 0 Å². The van der Waals surface area contributed by atoms with E-state index in [1.54, 1.807) is 12.1 Å². The molecular formula is C29H40ClO3Y-. The van der Waals surface area contributed by atoms with Crippen molar-refractivity contribution in [1.82, 2.24) is 0 Å². The van der Waals surface area contributed by atoms with Gasteiger partial charge >= 0.3 is 0 Å². The molecule has 0 heterocycles. The first kappa shape index (κ1) is 35.0. The first-order valence-electron chi connectivity index (χ1n) is 12.1. The largest absolute Gasteiger partial charge is 0.569 e. The maximum Gasteiger partial charge on any atom is 0.190 e. The van der Waals surface area contributed by atoms with Gasteiger partial charge in [-0.3, -0.25) is 9.59 Å². The molecule has 0 saturated heterocycles. The van der Waals surface area contributed by atoms with Crippen molar-refractivity contribution in [3.8, 4) is 0 Å². The number of fused-ring (bicyclic) bond motifs is 1. The molecule has 0 aliphatic heterocycles. The number of benzene rings is 2. The Bertz CT molecular complexity index is 857. The van der Waals surface area contributed by atoms with Crippen molar-refractivity contribution in [2.75, 3.05) is 0 Å². The van der Waals surface area contributed by atoms with Crippen molar-refractivity contribution in [2.45, 2.75) is 73.1 Å². The standard InChI is InChI=1S/C18H20O2.C6H5Cl.2C2H6.CH3O.Y/c1-2-13-16(12-8-4-3-5-9-12)18(20)15-11-7-6-10-14(15)17(13)19;7-6-4-2-1-3-5-6;3*1-2;/h6-7,10-12H,2-5,8-9H2,1H3;1-5H;2*1-2H3;2H,1H2;/q;;;;-1;. The Morgan fingerprint density at radius 2 is 1.24 bits per heavy atom. The molecule has 2 aliphatic rings. The van der Waals surface area contributed by atoms with Gasteiger partial charge in [0.15, 0.2) is 11.6 Å². The Balaban J connectivity index is 0. The van der Waals surface area contributed by atoms with Crippen molar-refractivity contribution in [3.05, 3.63) is 89.0 Å². The summed E-state index contributed by atoms with van der Waals surface area (Å²) >= 11 is 5.54. The van der Waals surface area contributed by atoms with Crippen LogP contribution in [0.15, 0.2) is 65.7 Å². The number of rotatable bonds is 2. The smallest absolute Gasteiger partial charge is 0.190 e. The third kappa shape index (κ3) is 10.2. The molecule has 0 bridgehead atoms. The van der Waals surface area contributed by atoms with Crippen LogP contribution in [0, 0.1) is 13.0 Å². The molecule has 0 unspecified atom stereocenters. The van der Waals surface area contributed by atoms with Gasteiger partial charge < -0.3 is 5.11 Å². The van der Waals surface area contributed by atoms with Crippen LogP contribution in [0.5, 0.6) is 0 Å². The molecule has 0 amide bonds. The van der Waals surface area contributed by atoms with Gasteiger partial charge in [-0.25, -0.2) is 7.11 Å². The van der Waals surface area contributed by atoms with Crippen molar-refractivity contribution in [1.29, 1.82) is 0 Å².